The zero-order chi connectivity index (χ0) is 28.4. The number of rotatable bonds is 8. The quantitative estimate of drug-likeness (QED) is 0.405. The zero-order valence-electron chi connectivity index (χ0n) is 21.8. The fourth-order valence-corrected chi connectivity index (χ4v) is 7.23. The Morgan fingerprint density at radius 1 is 1.10 bits per heavy atom. The van der Waals surface area contributed by atoms with Crippen LogP contribution in [0, 0.1) is 0 Å². The summed E-state index contributed by atoms with van der Waals surface area (Å²) >= 11 is 13.0. The molecule has 13 heteroatoms. The van der Waals surface area contributed by atoms with Gasteiger partial charge in [-0.05, 0) is 42.2 Å². The van der Waals surface area contributed by atoms with Gasteiger partial charge in [-0.25, -0.2) is 13.1 Å². The Kier molecular flexibility index (Phi) is 8.46. The first-order valence-electron chi connectivity index (χ1n) is 13.1. The number of carbonyl (C=O) groups excluding carboxylic acids is 2. The predicted octanol–water partition coefficient (Wildman–Crippen LogP) is 3.54. The highest BCUT2D eigenvalue weighted by molar-refractivity contribution is 7.88. The van der Waals surface area contributed by atoms with E-state index in [0.717, 1.165) is 19.1 Å². The third-order valence-corrected chi connectivity index (χ3v) is 8.80. The Hall–Kier alpha value is -2.99. The molecule has 0 spiro atoms. The molecule has 1 saturated carbocycles. The Balaban J connectivity index is 1.61. The van der Waals surface area contributed by atoms with E-state index >= 15 is 0 Å². The number of halogens is 2. The van der Waals surface area contributed by atoms with E-state index in [9.17, 15) is 18.0 Å². The monoisotopic (exact) mass is 604 g/mol. The lowest BCUT2D eigenvalue weighted by molar-refractivity contribution is -0.124. The maximum absolute atomic E-state index is 14.3. The molecular formula is C27H30Cl2N6O4S. The summed E-state index contributed by atoms with van der Waals surface area (Å²) in [7, 11) is -3.56. The van der Waals surface area contributed by atoms with Crippen LogP contribution in [0.25, 0.3) is 0 Å². The molecule has 1 aliphatic carbocycles. The second-order valence-electron chi connectivity index (χ2n) is 10.2. The van der Waals surface area contributed by atoms with Crippen molar-refractivity contribution in [1.29, 1.82) is 0 Å². The van der Waals surface area contributed by atoms with E-state index < -0.39 is 34.1 Å². The van der Waals surface area contributed by atoms with Crippen molar-refractivity contribution in [2.75, 3.05) is 12.8 Å². The highest BCUT2D eigenvalue weighted by atomic mass is 35.5. The molecule has 0 radical (unpaired) electrons. The first kappa shape index (κ1) is 28.5. The van der Waals surface area contributed by atoms with Crippen molar-refractivity contribution in [1.82, 2.24) is 29.9 Å². The van der Waals surface area contributed by atoms with Gasteiger partial charge < -0.3 is 10.2 Å². The normalized spacial score (nSPS) is 23.1. The zero-order valence-corrected chi connectivity index (χ0v) is 24.2. The lowest BCUT2D eigenvalue weighted by atomic mass is 9.76. The minimum absolute atomic E-state index is 0.273. The van der Waals surface area contributed by atoms with Crippen molar-refractivity contribution >= 4 is 45.0 Å². The van der Waals surface area contributed by atoms with Gasteiger partial charge in [0.1, 0.15) is 0 Å². The summed E-state index contributed by atoms with van der Waals surface area (Å²) in [5.74, 6) is -1.38. The molecule has 1 aromatic heterocycles. The molecular weight excluding hydrogens is 575 g/mol. The smallest absolute Gasteiger partial charge is 0.255 e. The number of sulfonamides is 1. The van der Waals surface area contributed by atoms with Gasteiger partial charge in [0.2, 0.25) is 15.9 Å². The summed E-state index contributed by atoms with van der Waals surface area (Å²) in [5.41, 5.74) is 1.56. The van der Waals surface area contributed by atoms with Crippen molar-refractivity contribution < 1.29 is 18.0 Å². The Labute approximate surface area is 243 Å². The standard InChI is InChI=1S/C27H30Cl2N6O4S/c1-40(38,39)32-22-8-4-5-9-23(22)35-25(20-11-10-17(28)16-21(20)29)24(18-6-2-3-7-19(18)27(35)37)26(36)30-12-14-34-15-13-31-33-34/h2-3,6-7,10-11,13,15-16,22-25,32H,4-5,8-9,12,14H2,1H3,(H,30,36)/t22-,23-,24+,25-/m0/s1. The minimum Gasteiger partial charge on any atom is -0.354 e. The van der Waals surface area contributed by atoms with Gasteiger partial charge in [0.05, 0.1) is 31.0 Å². The number of amides is 2. The molecule has 3 aromatic rings. The lowest BCUT2D eigenvalue weighted by Gasteiger charge is -2.49. The van der Waals surface area contributed by atoms with E-state index in [1.54, 1.807) is 64.4 Å². The summed E-state index contributed by atoms with van der Waals surface area (Å²) in [6.07, 6.45) is 7.16. The number of nitrogens with zero attached hydrogens (tertiary/aromatic N) is 4. The van der Waals surface area contributed by atoms with Crippen LogP contribution in [0.3, 0.4) is 0 Å². The number of hydrogen-bond acceptors (Lipinski definition) is 6. The third kappa shape index (κ3) is 6.02. The molecule has 10 nitrogen and oxygen atoms in total. The maximum atomic E-state index is 14.3. The van der Waals surface area contributed by atoms with Crippen LogP contribution in [0.4, 0.5) is 0 Å². The average molecular weight is 606 g/mol. The van der Waals surface area contributed by atoms with E-state index in [0.29, 0.717) is 46.1 Å². The van der Waals surface area contributed by atoms with Gasteiger partial charge in [0.25, 0.3) is 5.91 Å². The Bertz CT molecular complexity index is 1500. The van der Waals surface area contributed by atoms with E-state index in [4.69, 9.17) is 23.2 Å². The minimum atomic E-state index is -3.56. The topological polar surface area (TPSA) is 126 Å². The largest absolute Gasteiger partial charge is 0.354 e. The summed E-state index contributed by atoms with van der Waals surface area (Å²) in [6.45, 7) is 0.704. The third-order valence-electron chi connectivity index (χ3n) is 7.50. The predicted molar refractivity (Wildman–Crippen MR) is 152 cm³/mol. The van der Waals surface area contributed by atoms with Crippen molar-refractivity contribution in [3.05, 3.63) is 81.6 Å². The molecule has 5 rings (SSSR count). The molecule has 2 aromatic carbocycles. The molecule has 1 fully saturated rings. The van der Waals surface area contributed by atoms with Gasteiger partial charge in [0, 0.05) is 40.4 Å². The van der Waals surface area contributed by atoms with Gasteiger partial charge in [-0.15, -0.1) is 5.10 Å². The van der Waals surface area contributed by atoms with Crippen LogP contribution < -0.4 is 10.0 Å². The van der Waals surface area contributed by atoms with Gasteiger partial charge in [-0.1, -0.05) is 65.5 Å². The van der Waals surface area contributed by atoms with E-state index in [1.165, 1.54) is 0 Å². The Morgan fingerprint density at radius 3 is 2.60 bits per heavy atom. The van der Waals surface area contributed by atoms with Crippen LogP contribution in [-0.4, -0.2) is 65.0 Å². The number of carbonyl (C=O) groups is 2. The molecule has 1 aliphatic heterocycles. The molecule has 40 heavy (non-hydrogen) atoms. The first-order chi connectivity index (χ1) is 19.1. The number of fused-ring (bicyclic) bond motifs is 1. The van der Waals surface area contributed by atoms with Crippen molar-refractivity contribution in [2.45, 2.75) is 56.3 Å². The molecule has 212 valence electrons. The van der Waals surface area contributed by atoms with E-state index in [2.05, 4.69) is 20.4 Å². The molecule has 2 heterocycles. The van der Waals surface area contributed by atoms with Crippen LogP contribution >= 0.6 is 23.2 Å². The van der Waals surface area contributed by atoms with Crippen LogP contribution in [0.2, 0.25) is 10.0 Å². The molecule has 2 aliphatic rings. The van der Waals surface area contributed by atoms with Crippen molar-refractivity contribution in [2.24, 2.45) is 0 Å². The molecule has 2 N–H and O–H groups in total. The van der Waals surface area contributed by atoms with Crippen LogP contribution in [-0.2, 0) is 21.4 Å². The summed E-state index contributed by atoms with van der Waals surface area (Å²) < 4.78 is 29.0. The number of hydrogen-bond donors (Lipinski definition) is 2. The highest BCUT2D eigenvalue weighted by Gasteiger charge is 2.49. The fourth-order valence-electron chi connectivity index (χ4n) is 5.88. The van der Waals surface area contributed by atoms with E-state index in [-0.39, 0.29) is 18.4 Å². The summed E-state index contributed by atoms with van der Waals surface area (Å²) in [6, 6.07) is 10.3. The number of nitrogens with one attached hydrogen (secondary N) is 2. The number of benzene rings is 2. The van der Waals surface area contributed by atoms with Crippen molar-refractivity contribution in [3.63, 3.8) is 0 Å². The molecule has 0 bridgehead atoms. The first-order valence-corrected chi connectivity index (χ1v) is 15.7. The van der Waals surface area contributed by atoms with Gasteiger partial charge in [0.15, 0.2) is 0 Å². The summed E-state index contributed by atoms with van der Waals surface area (Å²) in [4.78, 5) is 30.0. The van der Waals surface area contributed by atoms with Gasteiger partial charge in [-0.2, -0.15) is 0 Å². The molecule has 0 unspecified atom stereocenters. The lowest BCUT2D eigenvalue weighted by Crippen LogP contribution is -2.59. The van der Waals surface area contributed by atoms with Crippen LogP contribution in [0.15, 0.2) is 54.9 Å². The molecule has 4 atom stereocenters. The second kappa shape index (κ2) is 11.9. The van der Waals surface area contributed by atoms with Crippen molar-refractivity contribution in [3.8, 4) is 0 Å². The fraction of sp³-hybridized carbons (Fsp3) is 0.407. The molecule has 2 amide bonds. The maximum Gasteiger partial charge on any atom is 0.255 e. The van der Waals surface area contributed by atoms with Gasteiger partial charge >= 0.3 is 0 Å². The number of aromatic nitrogens is 3. The second-order valence-corrected chi connectivity index (χ2v) is 12.8. The SMILES string of the molecule is CS(=O)(=O)N[C@H]1CCCC[C@@H]1N1C(=O)c2ccccc2[C@@H](C(=O)NCCn2ccnn2)[C@@H]1c1ccc(Cl)cc1Cl. The van der Waals surface area contributed by atoms with Gasteiger partial charge in [-0.3, -0.25) is 14.3 Å². The highest BCUT2D eigenvalue weighted by Crippen LogP contribution is 2.47. The van der Waals surface area contributed by atoms with E-state index in [1.807, 2.05) is 0 Å². The average Bonchev–Trinajstić information content (AvgIpc) is 3.42. The summed E-state index contributed by atoms with van der Waals surface area (Å²) in [5, 5.41) is 11.5. The molecule has 0 saturated heterocycles. The van der Waals surface area contributed by atoms with Crippen LogP contribution in [0.5, 0.6) is 0 Å². The Morgan fingerprint density at radius 2 is 1.88 bits per heavy atom. The van der Waals surface area contributed by atoms with Crippen LogP contribution in [0.1, 0.15) is 59.1 Å².